The Hall–Kier alpha value is -2.55. The lowest BCUT2D eigenvalue weighted by Gasteiger charge is -2.34. The second-order valence-corrected chi connectivity index (χ2v) is 8.49. The number of thiophene rings is 1. The van der Waals surface area contributed by atoms with Crippen LogP contribution >= 0.6 is 11.3 Å². The van der Waals surface area contributed by atoms with Crippen LogP contribution in [0.4, 0.5) is 0 Å². The highest BCUT2D eigenvalue weighted by molar-refractivity contribution is 7.13. The van der Waals surface area contributed by atoms with E-state index in [2.05, 4.69) is 15.9 Å². The molecule has 1 aliphatic heterocycles. The van der Waals surface area contributed by atoms with E-state index < -0.39 is 0 Å². The van der Waals surface area contributed by atoms with Crippen molar-refractivity contribution < 1.29 is 18.6 Å². The van der Waals surface area contributed by atoms with Gasteiger partial charge in [0.2, 0.25) is 11.6 Å². The van der Waals surface area contributed by atoms with Crippen LogP contribution in [0, 0.1) is 6.92 Å². The highest BCUT2D eigenvalue weighted by Gasteiger charge is 2.23. The first-order valence-corrected chi connectivity index (χ1v) is 11.2. The zero-order chi connectivity index (χ0) is 21.8. The number of benzene rings is 1. The lowest BCUT2D eigenvalue weighted by Crippen LogP contribution is -2.45. The third-order valence-electron chi connectivity index (χ3n) is 5.64. The van der Waals surface area contributed by atoms with Gasteiger partial charge in [0.25, 0.3) is 0 Å². The number of aryl methyl sites for hydroxylation is 1. The van der Waals surface area contributed by atoms with Crippen molar-refractivity contribution in [3.8, 4) is 28.0 Å². The highest BCUT2D eigenvalue weighted by Crippen LogP contribution is 2.40. The van der Waals surface area contributed by atoms with Crippen LogP contribution in [0.15, 0.2) is 34.1 Å². The van der Waals surface area contributed by atoms with E-state index in [1.807, 2.05) is 30.5 Å². The molecule has 0 spiro atoms. The van der Waals surface area contributed by atoms with E-state index in [1.165, 1.54) is 0 Å². The van der Waals surface area contributed by atoms with Gasteiger partial charge in [-0.15, -0.1) is 11.3 Å². The normalized spacial score (nSPS) is 15.2. The number of oxazole rings is 1. The van der Waals surface area contributed by atoms with Gasteiger partial charge in [0.15, 0.2) is 11.5 Å². The summed E-state index contributed by atoms with van der Waals surface area (Å²) in [6, 6.07) is 8.05. The van der Waals surface area contributed by atoms with Crippen molar-refractivity contribution in [2.24, 2.45) is 0 Å². The van der Waals surface area contributed by atoms with Gasteiger partial charge in [-0.05, 0) is 24.4 Å². The number of ether oxygens (including phenoxy) is 3. The third kappa shape index (κ3) is 4.71. The highest BCUT2D eigenvalue weighted by atomic mass is 32.1. The Kier molecular flexibility index (Phi) is 6.80. The van der Waals surface area contributed by atoms with Crippen LogP contribution in [0.25, 0.3) is 10.8 Å². The number of rotatable bonds is 8. The summed E-state index contributed by atoms with van der Waals surface area (Å²) in [7, 11) is 4.94. The van der Waals surface area contributed by atoms with Gasteiger partial charge < -0.3 is 18.6 Å². The second kappa shape index (κ2) is 9.72. The molecule has 1 aliphatic rings. The van der Waals surface area contributed by atoms with Crippen LogP contribution in [0.3, 0.4) is 0 Å². The Morgan fingerprint density at radius 3 is 2.26 bits per heavy atom. The molecule has 1 fully saturated rings. The summed E-state index contributed by atoms with van der Waals surface area (Å²) < 4.78 is 22.4. The maximum absolute atomic E-state index is 5.89. The molecule has 0 unspecified atom stereocenters. The van der Waals surface area contributed by atoms with E-state index in [9.17, 15) is 0 Å². The maximum Gasteiger partial charge on any atom is 0.236 e. The second-order valence-electron chi connectivity index (χ2n) is 7.54. The van der Waals surface area contributed by atoms with Crippen LogP contribution in [0.5, 0.6) is 17.2 Å². The van der Waals surface area contributed by atoms with E-state index in [-0.39, 0.29) is 0 Å². The molecular formula is C23H29N3O4S. The number of hydrogen-bond donors (Lipinski definition) is 0. The standard InChI is InChI=1S/C23H29N3O4S/c1-16-18(24-23(30-16)20-6-5-13-31-20)15-26-11-9-25(10-12-26)14-17-7-8-19(27-2)22(29-4)21(17)28-3/h5-8,13H,9-12,14-15H2,1-4H3. The number of nitrogens with zero attached hydrogens (tertiary/aromatic N) is 3. The molecule has 0 atom stereocenters. The zero-order valence-electron chi connectivity index (χ0n) is 18.5. The van der Waals surface area contributed by atoms with E-state index in [4.69, 9.17) is 23.6 Å². The Labute approximate surface area is 187 Å². The average molecular weight is 444 g/mol. The van der Waals surface area contributed by atoms with Crippen molar-refractivity contribution in [2.75, 3.05) is 47.5 Å². The molecule has 2 aromatic heterocycles. The van der Waals surface area contributed by atoms with E-state index in [0.29, 0.717) is 11.5 Å². The molecule has 0 N–H and O–H groups in total. The molecular weight excluding hydrogens is 414 g/mol. The van der Waals surface area contributed by atoms with Crippen molar-refractivity contribution in [1.29, 1.82) is 0 Å². The fourth-order valence-corrected chi connectivity index (χ4v) is 4.58. The molecule has 166 valence electrons. The molecule has 4 rings (SSSR count). The lowest BCUT2D eigenvalue weighted by atomic mass is 10.1. The van der Waals surface area contributed by atoms with Crippen molar-refractivity contribution >= 4 is 11.3 Å². The Bertz CT molecular complexity index is 995. The quantitative estimate of drug-likeness (QED) is 0.520. The fourth-order valence-electron chi connectivity index (χ4n) is 3.93. The Morgan fingerprint density at radius 2 is 1.65 bits per heavy atom. The average Bonchev–Trinajstić information content (AvgIpc) is 3.45. The lowest BCUT2D eigenvalue weighted by molar-refractivity contribution is 0.120. The van der Waals surface area contributed by atoms with Crippen LogP contribution in [-0.4, -0.2) is 62.3 Å². The van der Waals surface area contributed by atoms with Crippen molar-refractivity contribution in [1.82, 2.24) is 14.8 Å². The van der Waals surface area contributed by atoms with E-state index in [1.54, 1.807) is 32.7 Å². The topological polar surface area (TPSA) is 60.2 Å². The molecule has 8 heteroatoms. The van der Waals surface area contributed by atoms with Crippen molar-refractivity contribution in [2.45, 2.75) is 20.0 Å². The van der Waals surface area contributed by atoms with Gasteiger partial charge in [0.05, 0.1) is 31.9 Å². The van der Waals surface area contributed by atoms with Crippen molar-refractivity contribution in [3.05, 3.63) is 46.7 Å². The van der Waals surface area contributed by atoms with Gasteiger partial charge in [-0.1, -0.05) is 12.1 Å². The maximum atomic E-state index is 5.89. The van der Waals surface area contributed by atoms with Crippen LogP contribution in [-0.2, 0) is 13.1 Å². The fraction of sp³-hybridized carbons (Fsp3) is 0.435. The molecule has 0 amide bonds. The summed E-state index contributed by atoms with van der Waals surface area (Å²) in [5.41, 5.74) is 2.12. The van der Waals surface area contributed by atoms with Gasteiger partial charge in [0, 0.05) is 44.8 Å². The van der Waals surface area contributed by atoms with Crippen molar-refractivity contribution in [3.63, 3.8) is 0 Å². The van der Waals surface area contributed by atoms with E-state index >= 15 is 0 Å². The minimum atomic E-state index is 0.643. The molecule has 1 aromatic carbocycles. The Morgan fingerprint density at radius 1 is 0.935 bits per heavy atom. The van der Waals surface area contributed by atoms with Gasteiger partial charge in [-0.2, -0.15) is 0 Å². The molecule has 31 heavy (non-hydrogen) atoms. The zero-order valence-corrected chi connectivity index (χ0v) is 19.3. The predicted molar refractivity (Wildman–Crippen MR) is 121 cm³/mol. The Balaban J connectivity index is 1.37. The van der Waals surface area contributed by atoms with Crippen LogP contribution in [0.1, 0.15) is 17.0 Å². The van der Waals surface area contributed by atoms with E-state index in [0.717, 1.165) is 72.8 Å². The first-order chi connectivity index (χ1) is 15.1. The first-order valence-electron chi connectivity index (χ1n) is 10.4. The number of piperazine rings is 1. The van der Waals surface area contributed by atoms with Crippen LogP contribution < -0.4 is 14.2 Å². The molecule has 7 nitrogen and oxygen atoms in total. The number of methoxy groups -OCH3 is 3. The third-order valence-corrected chi connectivity index (χ3v) is 6.50. The summed E-state index contributed by atoms with van der Waals surface area (Å²) >= 11 is 1.65. The summed E-state index contributed by atoms with van der Waals surface area (Å²) in [6.07, 6.45) is 0. The number of hydrogen-bond acceptors (Lipinski definition) is 8. The monoisotopic (exact) mass is 443 g/mol. The number of aromatic nitrogens is 1. The molecule has 1 saturated heterocycles. The smallest absolute Gasteiger partial charge is 0.236 e. The predicted octanol–water partition coefficient (Wildman–Crippen LogP) is 4.06. The molecule has 3 heterocycles. The summed E-state index contributed by atoms with van der Waals surface area (Å²) in [4.78, 5) is 10.7. The van der Waals surface area contributed by atoms with Gasteiger partial charge in [0.1, 0.15) is 5.76 Å². The van der Waals surface area contributed by atoms with Crippen LogP contribution in [0.2, 0.25) is 0 Å². The summed E-state index contributed by atoms with van der Waals surface area (Å²) in [5, 5.41) is 2.04. The SMILES string of the molecule is COc1ccc(CN2CCN(Cc3nc(-c4cccs4)oc3C)CC2)c(OC)c1OC. The molecule has 0 bridgehead atoms. The van der Waals surface area contributed by atoms with Gasteiger partial charge in [-0.3, -0.25) is 9.80 Å². The van der Waals surface area contributed by atoms with Gasteiger partial charge in [-0.25, -0.2) is 4.98 Å². The molecule has 0 radical (unpaired) electrons. The molecule has 0 saturated carbocycles. The largest absolute Gasteiger partial charge is 0.493 e. The summed E-state index contributed by atoms with van der Waals surface area (Å²) in [6.45, 7) is 7.54. The minimum absolute atomic E-state index is 0.643. The summed E-state index contributed by atoms with van der Waals surface area (Å²) in [5.74, 6) is 3.69. The molecule has 3 aromatic rings. The van der Waals surface area contributed by atoms with Gasteiger partial charge >= 0.3 is 0 Å². The minimum Gasteiger partial charge on any atom is -0.493 e. The molecule has 0 aliphatic carbocycles. The first kappa shape index (κ1) is 21.7.